The van der Waals surface area contributed by atoms with Crippen LogP contribution in [-0.4, -0.2) is 33.9 Å². The molecule has 0 aliphatic carbocycles. The third-order valence-corrected chi connectivity index (χ3v) is 3.13. The lowest BCUT2D eigenvalue weighted by Crippen LogP contribution is -2.47. The number of carbonyl (C=O) groups excluding carboxylic acids is 3. The second-order valence-electron chi connectivity index (χ2n) is 3.89. The number of nitrogens with one attached hydrogen (secondary N) is 2. The summed E-state index contributed by atoms with van der Waals surface area (Å²) in [6.45, 7) is 1.92. The van der Waals surface area contributed by atoms with Crippen molar-refractivity contribution >= 4 is 50.8 Å². The predicted octanol–water partition coefficient (Wildman–Crippen LogP) is 1.06. The number of rotatable bonds is 9. The van der Waals surface area contributed by atoms with Gasteiger partial charge in [0.2, 0.25) is 11.8 Å². The van der Waals surface area contributed by atoms with E-state index in [2.05, 4.69) is 23.3 Å². The van der Waals surface area contributed by atoms with Gasteiger partial charge < -0.3 is 10.6 Å². The van der Waals surface area contributed by atoms with E-state index in [-0.39, 0.29) is 21.4 Å². The normalized spacial score (nSPS) is 11.7. The number of thiol groups is 1. The smallest absolute Gasteiger partial charge is 0.243 e. The molecular weight excluding hydrogens is 367 g/mol. The number of halogens is 1. The molecule has 7 heteroatoms. The predicted molar refractivity (Wildman–Crippen MR) is 82.0 cm³/mol. The average Bonchev–Trinajstić information content (AvgIpc) is 2.29. The lowest BCUT2D eigenvalue weighted by atomic mass is 10.2. The van der Waals surface area contributed by atoms with E-state index in [1.54, 1.807) is 22.6 Å². The summed E-state index contributed by atoms with van der Waals surface area (Å²) in [6.07, 6.45) is 3.16. The van der Waals surface area contributed by atoms with E-state index < -0.39 is 6.04 Å². The Hall–Kier alpha value is -0.310. The molecule has 0 aromatic rings. The van der Waals surface area contributed by atoms with Crippen molar-refractivity contribution in [1.29, 1.82) is 0 Å². The molecule has 0 aromatic carbocycles. The van der Waals surface area contributed by atoms with Crippen molar-refractivity contribution in [3.8, 4) is 0 Å². The van der Waals surface area contributed by atoms with E-state index in [4.69, 9.17) is 0 Å². The van der Waals surface area contributed by atoms with Crippen LogP contribution < -0.4 is 10.6 Å². The molecule has 18 heavy (non-hydrogen) atoms. The summed E-state index contributed by atoms with van der Waals surface area (Å²) in [6, 6.07) is -0.582. The highest BCUT2D eigenvalue weighted by Gasteiger charge is 2.16. The Morgan fingerprint density at radius 2 is 1.89 bits per heavy atom. The molecule has 0 saturated carbocycles. The van der Waals surface area contributed by atoms with Gasteiger partial charge in [0, 0.05) is 25.6 Å². The molecule has 0 aliphatic heterocycles. The minimum absolute atomic E-state index is 0.164. The monoisotopic (exact) mass is 386 g/mol. The minimum Gasteiger partial charge on any atom is -0.354 e. The third kappa shape index (κ3) is 9.69. The topological polar surface area (TPSA) is 75.3 Å². The van der Waals surface area contributed by atoms with E-state index in [0.29, 0.717) is 13.0 Å². The molecule has 2 N–H and O–H groups in total. The maximum absolute atomic E-state index is 11.6. The van der Waals surface area contributed by atoms with Gasteiger partial charge in [-0.1, -0.05) is 6.42 Å². The van der Waals surface area contributed by atoms with Crippen LogP contribution in [-0.2, 0) is 14.4 Å². The third-order valence-electron chi connectivity index (χ3n) is 2.23. The molecule has 2 amide bonds. The molecule has 0 heterocycles. The first kappa shape index (κ1) is 17.7. The minimum atomic E-state index is -0.582. The number of hydrogen-bond donors (Lipinski definition) is 3. The average molecular weight is 386 g/mol. The summed E-state index contributed by atoms with van der Waals surface area (Å²) in [5.74, 6) is -0.190. The molecule has 0 bridgehead atoms. The Bertz CT molecular complexity index is 300. The van der Waals surface area contributed by atoms with Gasteiger partial charge in [0.25, 0.3) is 0 Å². The molecule has 0 unspecified atom stereocenters. The van der Waals surface area contributed by atoms with Crippen LogP contribution in [0, 0.1) is 0 Å². The van der Waals surface area contributed by atoms with Crippen LogP contribution in [0.4, 0.5) is 0 Å². The Kier molecular flexibility index (Phi) is 10.4. The molecule has 104 valence electrons. The van der Waals surface area contributed by atoms with Crippen molar-refractivity contribution in [2.45, 2.75) is 38.6 Å². The van der Waals surface area contributed by atoms with Crippen LogP contribution in [0.1, 0.15) is 32.6 Å². The van der Waals surface area contributed by atoms with Gasteiger partial charge in [0.1, 0.15) is 6.04 Å². The molecule has 0 radical (unpaired) electrons. The standard InChI is InChI=1S/C11H19IN2O3S/c1-8(15)14-9(7-18)11(17)13-6-4-2-3-5-10(12)16/h9,18H,2-7H2,1H3,(H,13,17)(H,14,15)/t9-/m1/s1. The van der Waals surface area contributed by atoms with Crippen molar-refractivity contribution in [3.05, 3.63) is 0 Å². The Morgan fingerprint density at radius 1 is 1.22 bits per heavy atom. The van der Waals surface area contributed by atoms with E-state index >= 15 is 0 Å². The summed E-state index contributed by atoms with van der Waals surface area (Å²) >= 11 is 5.80. The van der Waals surface area contributed by atoms with Gasteiger partial charge in [-0.2, -0.15) is 12.6 Å². The Morgan fingerprint density at radius 3 is 2.39 bits per heavy atom. The first-order valence-electron chi connectivity index (χ1n) is 5.81. The van der Waals surface area contributed by atoms with Gasteiger partial charge in [-0.3, -0.25) is 14.4 Å². The van der Waals surface area contributed by atoms with Gasteiger partial charge in [0.05, 0.1) is 0 Å². The van der Waals surface area contributed by atoms with Crippen LogP contribution >= 0.6 is 35.2 Å². The van der Waals surface area contributed by atoms with Crippen molar-refractivity contribution in [3.63, 3.8) is 0 Å². The van der Waals surface area contributed by atoms with Gasteiger partial charge in [-0.05, 0) is 35.4 Å². The van der Waals surface area contributed by atoms with Crippen LogP contribution in [0.15, 0.2) is 0 Å². The van der Waals surface area contributed by atoms with Gasteiger partial charge in [-0.15, -0.1) is 0 Å². The molecule has 0 saturated heterocycles. The van der Waals surface area contributed by atoms with E-state index in [1.165, 1.54) is 6.92 Å². The zero-order valence-corrected chi connectivity index (χ0v) is 13.4. The van der Waals surface area contributed by atoms with Crippen molar-refractivity contribution in [2.75, 3.05) is 12.3 Å². The number of unbranched alkanes of at least 4 members (excludes halogenated alkanes) is 2. The maximum atomic E-state index is 11.6. The van der Waals surface area contributed by atoms with Gasteiger partial charge in [0.15, 0.2) is 3.79 Å². The zero-order chi connectivity index (χ0) is 14.0. The molecular formula is C11H19IN2O3S. The summed E-state index contributed by atoms with van der Waals surface area (Å²) in [4.78, 5) is 33.1. The highest BCUT2D eigenvalue weighted by molar-refractivity contribution is 14.1. The highest BCUT2D eigenvalue weighted by atomic mass is 127. The van der Waals surface area contributed by atoms with Crippen LogP contribution in [0.5, 0.6) is 0 Å². The fourth-order valence-corrected chi connectivity index (χ4v) is 1.98. The quantitative estimate of drug-likeness (QED) is 0.240. The number of carbonyl (C=O) groups is 3. The van der Waals surface area contributed by atoms with Crippen molar-refractivity contribution in [1.82, 2.24) is 10.6 Å². The molecule has 5 nitrogen and oxygen atoms in total. The maximum Gasteiger partial charge on any atom is 0.243 e. The van der Waals surface area contributed by atoms with E-state index in [9.17, 15) is 14.4 Å². The fraction of sp³-hybridized carbons (Fsp3) is 0.727. The number of amides is 2. The molecule has 0 aromatic heterocycles. The van der Waals surface area contributed by atoms with Crippen LogP contribution in [0.25, 0.3) is 0 Å². The first-order chi connectivity index (χ1) is 8.47. The Labute approximate surface area is 126 Å². The molecule has 1 atom stereocenters. The SMILES string of the molecule is CC(=O)N[C@H](CS)C(=O)NCCCCCC(=O)I. The van der Waals surface area contributed by atoms with E-state index in [1.807, 2.05) is 0 Å². The molecule has 0 fully saturated rings. The summed E-state index contributed by atoms with van der Waals surface area (Å²) in [5, 5.41) is 5.26. The summed E-state index contributed by atoms with van der Waals surface area (Å²) in [7, 11) is 0. The largest absolute Gasteiger partial charge is 0.354 e. The van der Waals surface area contributed by atoms with Crippen molar-refractivity contribution in [2.24, 2.45) is 0 Å². The van der Waals surface area contributed by atoms with Crippen LogP contribution in [0.2, 0.25) is 0 Å². The summed E-state index contributed by atoms with van der Waals surface area (Å²) in [5.41, 5.74) is 0. The fourth-order valence-electron chi connectivity index (χ4n) is 1.34. The lowest BCUT2D eigenvalue weighted by Gasteiger charge is -2.15. The Balaban J connectivity index is 3.68. The van der Waals surface area contributed by atoms with E-state index in [0.717, 1.165) is 19.3 Å². The second kappa shape index (κ2) is 10.6. The zero-order valence-electron chi connectivity index (χ0n) is 10.4. The molecule has 0 spiro atoms. The van der Waals surface area contributed by atoms with Crippen molar-refractivity contribution < 1.29 is 14.4 Å². The second-order valence-corrected chi connectivity index (χ2v) is 5.46. The van der Waals surface area contributed by atoms with Crippen LogP contribution in [0.3, 0.4) is 0 Å². The van der Waals surface area contributed by atoms with Gasteiger partial charge >= 0.3 is 0 Å². The number of hydrogen-bond acceptors (Lipinski definition) is 4. The first-order valence-corrected chi connectivity index (χ1v) is 7.52. The molecule has 0 aliphatic rings. The lowest BCUT2D eigenvalue weighted by molar-refractivity contribution is -0.127. The highest BCUT2D eigenvalue weighted by Crippen LogP contribution is 2.03. The summed E-state index contributed by atoms with van der Waals surface area (Å²) < 4.78 is 0.164. The molecule has 0 rings (SSSR count). The van der Waals surface area contributed by atoms with Gasteiger partial charge in [-0.25, -0.2) is 0 Å².